The average molecular weight is 283 g/mol. The van der Waals surface area contributed by atoms with Gasteiger partial charge < -0.3 is 9.73 Å². The van der Waals surface area contributed by atoms with Crippen molar-refractivity contribution in [2.75, 3.05) is 7.05 Å². The Kier molecular flexibility index (Phi) is 4.18. The lowest BCUT2D eigenvalue weighted by atomic mass is 10.0. The second kappa shape index (κ2) is 5.71. The van der Waals surface area contributed by atoms with Crippen LogP contribution >= 0.6 is 0 Å². The Morgan fingerprint density at radius 1 is 1.10 bits per heavy atom. The number of benzene rings is 1. The van der Waals surface area contributed by atoms with Gasteiger partial charge in [0.2, 0.25) is 0 Å². The summed E-state index contributed by atoms with van der Waals surface area (Å²) in [4.78, 5) is 0. The molecule has 5 heteroatoms. The van der Waals surface area contributed by atoms with Gasteiger partial charge >= 0.3 is 6.18 Å². The van der Waals surface area contributed by atoms with Crippen molar-refractivity contribution in [3.05, 3.63) is 59.0 Å². The SMILES string of the molecule is CNC(Cc1ccc(C(F)(F)F)cc1)c1ccc(C)o1. The Balaban J connectivity index is 2.12. The summed E-state index contributed by atoms with van der Waals surface area (Å²) in [5, 5.41) is 3.11. The summed E-state index contributed by atoms with van der Waals surface area (Å²) in [6, 6.07) is 8.91. The van der Waals surface area contributed by atoms with Crippen molar-refractivity contribution in [3.8, 4) is 0 Å². The van der Waals surface area contributed by atoms with Crippen LogP contribution in [0.25, 0.3) is 0 Å². The molecule has 20 heavy (non-hydrogen) atoms. The first-order chi connectivity index (χ1) is 9.40. The first-order valence-electron chi connectivity index (χ1n) is 6.30. The number of hydrogen-bond acceptors (Lipinski definition) is 2. The van der Waals surface area contributed by atoms with E-state index in [-0.39, 0.29) is 6.04 Å². The normalized spacial score (nSPS) is 13.4. The van der Waals surface area contributed by atoms with E-state index in [2.05, 4.69) is 5.32 Å². The van der Waals surface area contributed by atoms with Crippen LogP contribution in [-0.4, -0.2) is 7.05 Å². The number of rotatable bonds is 4. The Hall–Kier alpha value is -1.75. The van der Waals surface area contributed by atoms with Crippen LogP contribution in [0.2, 0.25) is 0 Å². The molecule has 0 aliphatic heterocycles. The van der Waals surface area contributed by atoms with Crippen molar-refractivity contribution in [1.29, 1.82) is 0 Å². The average Bonchev–Trinajstić information content (AvgIpc) is 2.82. The highest BCUT2D eigenvalue weighted by atomic mass is 19.4. The Bertz CT molecular complexity index is 557. The number of furan rings is 1. The Morgan fingerprint density at radius 2 is 1.75 bits per heavy atom. The first-order valence-corrected chi connectivity index (χ1v) is 6.30. The molecule has 1 aromatic carbocycles. The molecule has 2 aromatic rings. The molecule has 2 rings (SSSR count). The van der Waals surface area contributed by atoms with Gasteiger partial charge in [-0.1, -0.05) is 12.1 Å². The van der Waals surface area contributed by atoms with E-state index in [0.29, 0.717) is 6.42 Å². The fourth-order valence-corrected chi connectivity index (χ4v) is 2.05. The molecule has 1 atom stereocenters. The van der Waals surface area contributed by atoms with Crippen LogP contribution in [0, 0.1) is 6.92 Å². The summed E-state index contributed by atoms with van der Waals surface area (Å²) in [6.07, 6.45) is -3.72. The van der Waals surface area contributed by atoms with Crippen molar-refractivity contribution in [3.63, 3.8) is 0 Å². The quantitative estimate of drug-likeness (QED) is 0.913. The van der Waals surface area contributed by atoms with E-state index >= 15 is 0 Å². The molecule has 0 aliphatic carbocycles. The van der Waals surface area contributed by atoms with Crippen molar-refractivity contribution in [2.45, 2.75) is 25.6 Å². The van der Waals surface area contributed by atoms with E-state index in [4.69, 9.17) is 4.42 Å². The minimum absolute atomic E-state index is 0.0552. The van der Waals surface area contributed by atoms with Gasteiger partial charge in [-0.2, -0.15) is 13.2 Å². The molecule has 0 saturated carbocycles. The van der Waals surface area contributed by atoms with E-state index in [9.17, 15) is 13.2 Å². The van der Waals surface area contributed by atoms with E-state index in [1.54, 1.807) is 7.05 Å². The smallest absolute Gasteiger partial charge is 0.416 e. The largest absolute Gasteiger partial charge is 0.465 e. The second-order valence-electron chi connectivity index (χ2n) is 4.69. The minimum atomic E-state index is -4.29. The lowest BCUT2D eigenvalue weighted by Crippen LogP contribution is -2.18. The maximum absolute atomic E-state index is 12.5. The Morgan fingerprint density at radius 3 is 2.20 bits per heavy atom. The number of alkyl halides is 3. The molecule has 0 spiro atoms. The second-order valence-corrected chi connectivity index (χ2v) is 4.69. The number of hydrogen-bond donors (Lipinski definition) is 1. The summed E-state index contributed by atoms with van der Waals surface area (Å²) < 4.78 is 43.0. The molecule has 0 fully saturated rings. The third-order valence-corrected chi connectivity index (χ3v) is 3.17. The van der Waals surface area contributed by atoms with Crippen LogP contribution in [0.1, 0.15) is 28.7 Å². The molecule has 0 radical (unpaired) electrons. The van der Waals surface area contributed by atoms with Crippen LogP contribution in [0.4, 0.5) is 13.2 Å². The predicted molar refractivity (Wildman–Crippen MR) is 70.4 cm³/mol. The van der Waals surface area contributed by atoms with Gasteiger partial charge in [0.05, 0.1) is 11.6 Å². The lowest BCUT2D eigenvalue weighted by molar-refractivity contribution is -0.137. The standard InChI is InChI=1S/C15H16F3NO/c1-10-3-8-14(20-10)13(19-2)9-11-4-6-12(7-5-11)15(16,17)18/h3-8,13,19H,9H2,1-2H3. The van der Waals surface area contributed by atoms with E-state index in [1.165, 1.54) is 12.1 Å². The van der Waals surface area contributed by atoms with Crippen molar-refractivity contribution in [2.24, 2.45) is 0 Å². The molecule has 0 bridgehead atoms. The third-order valence-electron chi connectivity index (χ3n) is 3.17. The van der Waals surface area contributed by atoms with E-state index < -0.39 is 11.7 Å². The van der Waals surface area contributed by atoms with Gasteiger partial charge in [0.25, 0.3) is 0 Å². The van der Waals surface area contributed by atoms with Crippen LogP contribution in [-0.2, 0) is 12.6 Å². The van der Waals surface area contributed by atoms with Crippen molar-refractivity contribution < 1.29 is 17.6 Å². The first kappa shape index (κ1) is 14.7. The molecule has 2 nitrogen and oxygen atoms in total. The van der Waals surface area contributed by atoms with E-state index in [1.807, 2.05) is 19.1 Å². The number of likely N-dealkylation sites (N-methyl/N-ethyl adjacent to an activating group) is 1. The fraction of sp³-hybridized carbons (Fsp3) is 0.333. The molecule has 0 amide bonds. The molecule has 0 aliphatic rings. The van der Waals surface area contributed by atoms with E-state index in [0.717, 1.165) is 29.2 Å². The topological polar surface area (TPSA) is 25.2 Å². The third kappa shape index (κ3) is 3.42. The van der Waals surface area contributed by atoms with Crippen LogP contribution in [0.3, 0.4) is 0 Å². The number of halogens is 3. The highest BCUT2D eigenvalue weighted by Crippen LogP contribution is 2.29. The summed E-state index contributed by atoms with van der Waals surface area (Å²) in [6.45, 7) is 1.86. The molecule has 1 aromatic heterocycles. The van der Waals surface area contributed by atoms with Gasteiger partial charge in [-0.15, -0.1) is 0 Å². The van der Waals surface area contributed by atoms with Crippen molar-refractivity contribution in [1.82, 2.24) is 5.32 Å². The Labute approximate surface area is 115 Å². The summed E-state index contributed by atoms with van der Waals surface area (Å²) >= 11 is 0. The maximum Gasteiger partial charge on any atom is 0.416 e. The zero-order chi connectivity index (χ0) is 14.8. The molecular formula is C15H16F3NO. The van der Waals surface area contributed by atoms with Crippen LogP contribution < -0.4 is 5.32 Å². The fourth-order valence-electron chi connectivity index (χ4n) is 2.05. The van der Waals surface area contributed by atoms with Gasteiger partial charge in [-0.25, -0.2) is 0 Å². The zero-order valence-corrected chi connectivity index (χ0v) is 11.3. The van der Waals surface area contributed by atoms with Crippen LogP contribution in [0.5, 0.6) is 0 Å². The molecule has 108 valence electrons. The van der Waals surface area contributed by atoms with Gasteiger partial charge in [0, 0.05) is 0 Å². The number of aryl methyl sites for hydroxylation is 1. The number of nitrogens with one attached hydrogen (secondary N) is 1. The molecule has 1 N–H and O–H groups in total. The van der Waals surface area contributed by atoms with Gasteiger partial charge in [0.15, 0.2) is 0 Å². The highest BCUT2D eigenvalue weighted by molar-refractivity contribution is 5.26. The van der Waals surface area contributed by atoms with Gasteiger partial charge in [-0.3, -0.25) is 0 Å². The molecular weight excluding hydrogens is 267 g/mol. The van der Waals surface area contributed by atoms with Crippen molar-refractivity contribution >= 4 is 0 Å². The van der Waals surface area contributed by atoms with Gasteiger partial charge in [0.1, 0.15) is 11.5 Å². The highest BCUT2D eigenvalue weighted by Gasteiger charge is 2.30. The molecule has 1 unspecified atom stereocenters. The zero-order valence-electron chi connectivity index (χ0n) is 11.3. The molecule has 0 saturated heterocycles. The summed E-state index contributed by atoms with van der Waals surface area (Å²) in [7, 11) is 1.80. The monoisotopic (exact) mass is 283 g/mol. The minimum Gasteiger partial charge on any atom is -0.465 e. The molecule has 1 heterocycles. The lowest BCUT2D eigenvalue weighted by Gasteiger charge is -2.14. The predicted octanol–water partition coefficient (Wildman–Crippen LogP) is 4.11. The summed E-state index contributed by atoms with van der Waals surface area (Å²) in [5.74, 6) is 1.59. The van der Waals surface area contributed by atoms with Gasteiger partial charge in [-0.05, 0) is 50.2 Å². The maximum atomic E-state index is 12.5. The summed E-state index contributed by atoms with van der Waals surface area (Å²) in [5.41, 5.74) is 0.197. The van der Waals surface area contributed by atoms with Crippen LogP contribution in [0.15, 0.2) is 40.8 Å².